The lowest BCUT2D eigenvalue weighted by molar-refractivity contribution is 0.0196. The van der Waals surface area contributed by atoms with E-state index in [0.29, 0.717) is 6.54 Å². The fourth-order valence-electron chi connectivity index (χ4n) is 2.95. The van der Waals surface area contributed by atoms with Crippen LogP contribution in [0.15, 0.2) is 30.6 Å². The zero-order chi connectivity index (χ0) is 15.7. The van der Waals surface area contributed by atoms with Crippen molar-refractivity contribution < 1.29 is 9.53 Å². The van der Waals surface area contributed by atoms with E-state index in [0.717, 1.165) is 30.7 Å². The number of fused-ring (bicyclic) bond motifs is 1. The second-order valence-corrected chi connectivity index (χ2v) is 6.88. The Labute approximate surface area is 130 Å². The van der Waals surface area contributed by atoms with Gasteiger partial charge < -0.3 is 14.0 Å². The number of hydrogen-bond donors (Lipinski definition) is 0. The molecule has 0 aromatic carbocycles. The molecule has 22 heavy (non-hydrogen) atoms. The number of likely N-dealkylation sites (tertiary alicyclic amines) is 1. The predicted molar refractivity (Wildman–Crippen MR) is 85.0 cm³/mol. The van der Waals surface area contributed by atoms with Crippen LogP contribution in [0.25, 0.3) is 5.52 Å². The summed E-state index contributed by atoms with van der Waals surface area (Å²) in [6.07, 6.45) is 5.73. The van der Waals surface area contributed by atoms with Gasteiger partial charge in [-0.3, -0.25) is 0 Å². The Morgan fingerprint density at radius 3 is 2.95 bits per heavy atom. The van der Waals surface area contributed by atoms with E-state index in [4.69, 9.17) is 4.74 Å². The third kappa shape index (κ3) is 3.08. The maximum absolute atomic E-state index is 12.3. The molecule has 0 aliphatic carbocycles. The number of piperidine rings is 1. The normalized spacial score (nSPS) is 19.4. The number of carbonyl (C=O) groups excluding carboxylic acids is 1. The SMILES string of the molecule is CC(C)(C)OC(=O)N1CCC[C@@H](c2ncc3ccccn23)C1. The van der Waals surface area contributed by atoms with E-state index in [9.17, 15) is 4.79 Å². The number of imidazole rings is 1. The van der Waals surface area contributed by atoms with Crippen molar-refractivity contribution in [2.75, 3.05) is 13.1 Å². The molecule has 0 bridgehead atoms. The van der Waals surface area contributed by atoms with Gasteiger partial charge in [0.1, 0.15) is 11.4 Å². The summed E-state index contributed by atoms with van der Waals surface area (Å²) in [5, 5.41) is 0. The van der Waals surface area contributed by atoms with Gasteiger partial charge in [-0.15, -0.1) is 0 Å². The first-order chi connectivity index (χ1) is 10.4. The van der Waals surface area contributed by atoms with Crippen LogP contribution >= 0.6 is 0 Å². The van der Waals surface area contributed by atoms with Crippen LogP contribution in [0.4, 0.5) is 4.79 Å². The number of nitrogens with zero attached hydrogens (tertiary/aromatic N) is 3. The minimum Gasteiger partial charge on any atom is -0.444 e. The summed E-state index contributed by atoms with van der Waals surface area (Å²) in [5.41, 5.74) is 0.635. The molecule has 5 heteroatoms. The van der Waals surface area contributed by atoms with Crippen molar-refractivity contribution >= 4 is 11.6 Å². The molecule has 118 valence electrons. The Morgan fingerprint density at radius 2 is 2.18 bits per heavy atom. The Morgan fingerprint density at radius 1 is 1.36 bits per heavy atom. The largest absolute Gasteiger partial charge is 0.444 e. The van der Waals surface area contributed by atoms with Crippen molar-refractivity contribution in [3.05, 3.63) is 36.4 Å². The average molecular weight is 301 g/mol. The Bertz CT molecular complexity index is 672. The first-order valence-electron chi connectivity index (χ1n) is 7.84. The van der Waals surface area contributed by atoms with Crippen molar-refractivity contribution in [3.8, 4) is 0 Å². The molecule has 0 N–H and O–H groups in total. The molecule has 1 atom stereocenters. The van der Waals surface area contributed by atoms with Gasteiger partial charge in [-0.25, -0.2) is 9.78 Å². The second kappa shape index (κ2) is 5.63. The number of amides is 1. The van der Waals surface area contributed by atoms with Crippen molar-refractivity contribution in [1.82, 2.24) is 14.3 Å². The smallest absolute Gasteiger partial charge is 0.410 e. The molecule has 1 saturated heterocycles. The molecule has 3 heterocycles. The third-order valence-corrected chi connectivity index (χ3v) is 3.91. The van der Waals surface area contributed by atoms with Crippen molar-refractivity contribution in [1.29, 1.82) is 0 Å². The molecular formula is C17H23N3O2. The molecule has 0 radical (unpaired) electrons. The van der Waals surface area contributed by atoms with Crippen LogP contribution in [0.3, 0.4) is 0 Å². The number of pyridine rings is 1. The van der Waals surface area contributed by atoms with Gasteiger partial charge in [0.25, 0.3) is 0 Å². The minimum atomic E-state index is -0.454. The number of ether oxygens (including phenoxy) is 1. The van der Waals surface area contributed by atoms with Crippen molar-refractivity contribution in [3.63, 3.8) is 0 Å². The second-order valence-electron chi connectivity index (χ2n) is 6.88. The Balaban J connectivity index is 1.77. The van der Waals surface area contributed by atoms with E-state index < -0.39 is 5.60 Å². The highest BCUT2D eigenvalue weighted by Crippen LogP contribution is 2.27. The van der Waals surface area contributed by atoms with Crippen molar-refractivity contribution in [2.45, 2.75) is 45.1 Å². The summed E-state index contributed by atoms with van der Waals surface area (Å²) in [6.45, 7) is 7.12. The lowest BCUT2D eigenvalue weighted by atomic mass is 9.97. The van der Waals surface area contributed by atoms with E-state index in [1.807, 2.05) is 56.3 Å². The quantitative estimate of drug-likeness (QED) is 0.810. The van der Waals surface area contributed by atoms with Crippen molar-refractivity contribution in [2.24, 2.45) is 0 Å². The summed E-state index contributed by atoms with van der Waals surface area (Å²) < 4.78 is 7.60. The number of rotatable bonds is 1. The van der Waals surface area contributed by atoms with Crippen LogP contribution in [-0.4, -0.2) is 39.1 Å². The summed E-state index contributed by atoms with van der Waals surface area (Å²) >= 11 is 0. The standard InChI is InChI=1S/C17H23N3O2/c1-17(2,3)22-16(21)19-9-6-7-13(12-19)15-18-11-14-8-4-5-10-20(14)15/h4-5,8,10-11,13H,6-7,9,12H2,1-3H3/t13-/m1/s1. The summed E-state index contributed by atoms with van der Waals surface area (Å²) in [4.78, 5) is 18.6. The van der Waals surface area contributed by atoms with E-state index >= 15 is 0 Å². The molecular weight excluding hydrogens is 278 g/mol. The minimum absolute atomic E-state index is 0.224. The van der Waals surface area contributed by atoms with E-state index in [1.165, 1.54) is 0 Å². The van der Waals surface area contributed by atoms with Gasteiger partial charge in [0.05, 0.1) is 11.7 Å². The van der Waals surface area contributed by atoms with Gasteiger partial charge in [0, 0.05) is 25.2 Å². The van der Waals surface area contributed by atoms with Crippen LogP contribution in [0.5, 0.6) is 0 Å². The molecule has 0 unspecified atom stereocenters. The molecule has 2 aromatic heterocycles. The number of carbonyl (C=O) groups is 1. The molecule has 1 fully saturated rings. The maximum Gasteiger partial charge on any atom is 0.410 e. The molecule has 1 aliphatic rings. The first kappa shape index (κ1) is 14.9. The van der Waals surface area contributed by atoms with Gasteiger partial charge in [0.2, 0.25) is 0 Å². The Kier molecular flexibility index (Phi) is 3.81. The third-order valence-electron chi connectivity index (χ3n) is 3.91. The van der Waals surface area contributed by atoms with Gasteiger partial charge >= 0.3 is 6.09 Å². The van der Waals surface area contributed by atoms with Gasteiger partial charge in [-0.05, 0) is 45.7 Å². The van der Waals surface area contributed by atoms with Gasteiger partial charge in [-0.1, -0.05) is 6.07 Å². The zero-order valence-corrected chi connectivity index (χ0v) is 13.5. The molecule has 1 aliphatic heterocycles. The van der Waals surface area contributed by atoms with E-state index in [2.05, 4.69) is 9.38 Å². The summed E-state index contributed by atoms with van der Waals surface area (Å²) in [6, 6.07) is 6.06. The highest BCUT2D eigenvalue weighted by atomic mass is 16.6. The fraction of sp³-hybridized carbons (Fsp3) is 0.529. The fourth-order valence-corrected chi connectivity index (χ4v) is 2.95. The Hall–Kier alpha value is -2.04. The van der Waals surface area contributed by atoms with Crippen LogP contribution in [0, 0.1) is 0 Å². The average Bonchev–Trinajstić information content (AvgIpc) is 2.89. The van der Waals surface area contributed by atoms with E-state index in [-0.39, 0.29) is 12.0 Å². The molecule has 0 saturated carbocycles. The first-order valence-corrected chi connectivity index (χ1v) is 7.84. The molecule has 1 amide bonds. The number of hydrogen-bond acceptors (Lipinski definition) is 3. The van der Waals surface area contributed by atoms with Gasteiger partial charge in [-0.2, -0.15) is 0 Å². The summed E-state index contributed by atoms with van der Waals surface area (Å²) in [7, 11) is 0. The van der Waals surface area contributed by atoms with E-state index in [1.54, 1.807) is 0 Å². The highest BCUT2D eigenvalue weighted by Gasteiger charge is 2.30. The lowest BCUT2D eigenvalue weighted by Crippen LogP contribution is -2.42. The van der Waals surface area contributed by atoms with Crippen LogP contribution in [0.1, 0.15) is 45.4 Å². The molecule has 3 rings (SSSR count). The predicted octanol–water partition coefficient (Wildman–Crippen LogP) is 3.45. The van der Waals surface area contributed by atoms with Crippen LogP contribution < -0.4 is 0 Å². The van der Waals surface area contributed by atoms with Crippen LogP contribution in [-0.2, 0) is 4.74 Å². The molecule has 5 nitrogen and oxygen atoms in total. The molecule has 0 spiro atoms. The lowest BCUT2D eigenvalue weighted by Gasteiger charge is -2.33. The zero-order valence-electron chi connectivity index (χ0n) is 13.5. The monoisotopic (exact) mass is 301 g/mol. The maximum atomic E-state index is 12.3. The highest BCUT2D eigenvalue weighted by molar-refractivity contribution is 5.68. The number of aromatic nitrogens is 2. The van der Waals surface area contributed by atoms with Crippen LogP contribution in [0.2, 0.25) is 0 Å². The molecule has 2 aromatic rings. The topological polar surface area (TPSA) is 46.8 Å². The summed E-state index contributed by atoms with van der Waals surface area (Å²) in [5.74, 6) is 1.29. The van der Waals surface area contributed by atoms with Gasteiger partial charge in [0.15, 0.2) is 0 Å².